The van der Waals surface area contributed by atoms with Crippen LogP contribution in [0.15, 0.2) is 97.1 Å². The molecule has 5 aromatic carbocycles. The number of rotatable bonds is 14. The van der Waals surface area contributed by atoms with Crippen LogP contribution >= 0.6 is 0 Å². The van der Waals surface area contributed by atoms with E-state index in [4.69, 9.17) is 0 Å². The van der Waals surface area contributed by atoms with Crippen LogP contribution in [-0.2, 0) is 23.7 Å². The Morgan fingerprint density at radius 3 is 1.16 bits per heavy atom. The van der Waals surface area contributed by atoms with Gasteiger partial charge in [0, 0.05) is 47.7 Å². The normalized spacial score (nSPS) is 15.2. The summed E-state index contributed by atoms with van der Waals surface area (Å²) in [5.41, 5.74) is 18.6. The molecule has 0 saturated carbocycles. The largest absolute Gasteiger partial charge is 0.344 e. The SMILES string of the molecule is CCCCCCc1ccc2c(c1)C(C)(C)c1ccc(C=Cc3ccc(C=Cc4ccc5c(c4)N(C)c4ccc(CCCCCC)cc4C5(C)C)cc3)cc1N2C. The number of fused-ring (bicyclic) bond motifs is 4. The van der Waals surface area contributed by atoms with Crippen molar-refractivity contribution < 1.29 is 0 Å². The zero-order chi connectivity index (χ0) is 39.5. The molecule has 0 aromatic heterocycles. The van der Waals surface area contributed by atoms with Crippen molar-refractivity contribution in [3.05, 3.63) is 153 Å². The van der Waals surface area contributed by atoms with E-state index in [0.717, 1.165) is 0 Å². The number of nitrogens with zero attached hydrogens (tertiary/aromatic N) is 2. The first-order valence-corrected chi connectivity index (χ1v) is 21.5. The Labute approximate surface area is 339 Å². The van der Waals surface area contributed by atoms with E-state index in [2.05, 4.69) is 187 Å². The molecule has 0 amide bonds. The van der Waals surface area contributed by atoms with Crippen molar-refractivity contribution in [1.82, 2.24) is 0 Å². The Bertz CT molecular complexity index is 2050. The predicted octanol–water partition coefficient (Wildman–Crippen LogP) is 15.1. The molecule has 2 heteroatoms. The average Bonchev–Trinajstić information content (AvgIpc) is 3.21. The van der Waals surface area contributed by atoms with Gasteiger partial charge in [0.1, 0.15) is 0 Å². The Kier molecular flexibility index (Phi) is 11.8. The molecule has 0 saturated heterocycles. The van der Waals surface area contributed by atoms with Gasteiger partial charge in [-0.25, -0.2) is 0 Å². The summed E-state index contributed by atoms with van der Waals surface area (Å²) < 4.78 is 0. The summed E-state index contributed by atoms with van der Waals surface area (Å²) in [6.45, 7) is 14.1. The molecular weight excluding hydrogens is 677 g/mol. The van der Waals surface area contributed by atoms with Crippen LogP contribution in [0.3, 0.4) is 0 Å². The third-order valence-electron chi connectivity index (χ3n) is 12.8. The van der Waals surface area contributed by atoms with Gasteiger partial charge in [-0.05, 0) is 106 Å². The summed E-state index contributed by atoms with van der Waals surface area (Å²) >= 11 is 0. The molecule has 5 aromatic rings. The number of anilines is 4. The second-order valence-corrected chi connectivity index (χ2v) is 17.6. The van der Waals surface area contributed by atoms with Crippen LogP contribution in [0, 0.1) is 0 Å². The van der Waals surface area contributed by atoms with E-state index >= 15 is 0 Å². The maximum absolute atomic E-state index is 2.48. The van der Waals surface area contributed by atoms with Gasteiger partial charge in [-0.15, -0.1) is 0 Å². The highest BCUT2D eigenvalue weighted by Gasteiger charge is 2.36. The van der Waals surface area contributed by atoms with Gasteiger partial charge in [-0.1, -0.05) is 177 Å². The fourth-order valence-corrected chi connectivity index (χ4v) is 9.14. The number of hydrogen-bond acceptors (Lipinski definition) is 2. The van der Waals surface area contributed by atoms with Crippen LogP contribution in [0.1, 0.15) is 149 Å². The van der Waals surface area contributed by atoms with Crippen molar-refractivity contribution >= 4 is 47.1 Å². The second-order valence-electron chi connectivity index (χ2n) is 17.6. The lowest BCUT2D eigenvalue weighted by Crippen LogP contribution is -2.31. The van der Waals surface area contributed by atoms with Crippen LogP contribution in [-0.4, -0.2) is 14.1 Å². The fourth-order valence-electron chi connectivity index (χ4n) is 9.14. The van der Waals surface area contributed by atoms with Crippen LogP contribution in [0.5, 0.6) is 0 Å². The molecule has 0 spiro atoms. The second kappa shape index (κ2) is 16.7. The van der Waals surface area contributed by atoms with Crippen LogP contribution in [0.2, 0.25) is 0 Å². The molecule has 0 unspecified atom stereocenters. The lowest BCUT2D eigenvalue weighted by atomic mass is 9.73. The number of hydrogen-bond donors (Lipinski definition) is 0. The van der Waals surface area contributed by atoms with E-state index in [1.54, 1.807) is 0 Å². The van der Waals surface area contributed by atoms with Gasteiger partial charge < -0.3 is 9.80 Å². The maximum Gasteiger partial charge on any atom is 0.0455 e. The van der Waals surface area contributed by atoms with Crippen molar-refractivity contribution in [1.29, 1.82) is 0 Å². The minimum Gasteiger partial charge on any atom is -0.344 e. The number of benzene rings is 5. The topological polar surface area (TPSA) is 6.48 Å². The molecule has 7 rings (SSSR count). The van der Waals surface area contributed by atoms with Gasteiger partial charge >= 0.3 is 0 Å². The standard InChI is InChI=1S/C54H64N2/c1-9-11-13-15-17-41-29-33-49-47(35-41)53(3,4)45-31-27-43(37-51(45)55(49)7)25-23-39-19-21-40(22-20-39)24-26-44-28-32-46-52(38-44)56(8)50-34-30-42(18-16-14-12-10-2)36-48(50)54(46,5)6/h19-38H,9-18H2,1-8H3. The molecular formula is C54H64N2. The van der Waals surface area contributed by atoms with E-state index in [-0.39, 0.29) is 10.8 Å². The van der Waals surface area contributed by atoms with E-state index in [0.29, 0.717) is 0 Å². The van der Waals surface area contributed by atoms with Crippen LogP contribution in [0.4, 0.5) is 22.7 Å². The van der Waals surface area contributed by atoms with Gasteiger partial charge in [-0.2, -0.15) is 0 Å². The molecule has 290 valence electrons. The fraction of sp³-hybridized carbons (Fsp3) is 0.370. The lowest BCUT2D eigenvalue weighted by Gasteiger charge is -2.41. The number of aryl methyl sites for hydroxylation is 2. The molecule has 0 aliphatic carbocycles. The summed E-state index contributed by atoms with van der Waals surface area (Å²) in [6.07, 6.45) is 21.7. The monoisotopic (exact) mass is 741 g/mol. The summed E-state index contributed by atoms with van der Waals surface area (Å²) in [7, 11) is 4.45. The molecule has 0 N–H and O–H groups in total. The number of unbranched alkanes of at least 4 members (excludes halogenated alkanes) is 6. The molecule has 56 heavy (non-hydrogen) atoms. The zero-order valence-electron chi connectivity index (χ0n) is 35.5. The van der Waals surface area contributed by atoms with Crippen molar-refractivity contribution in [2.45, 2.75) is 117 Å². The first-order chi connectivity index (χ1) is 27.0. The van der Waals surface area contributed by atoms with E-state index in [1.165, 1.54) is 143 Å². The first kappa shape index (κ1) is 39.4. The van der Waals surface area contributed by atoms with Crippen molar-refractivity contribution in [2.75, 3.05) is 23.9 Å². The minimum atomic E-state index is -0.0449. The highest BCUT2D eigenvalue weighted by atomic mass is 15.1. The highest BCUT2D eigenvalue weighted by molar-refractivity contribution is 5.83. The third-order valence-corrected chi connectivity index (χ3v) is 12.8. The molecule has 2 aliphatic rings. The quantitative estimate of drug-likeness (QED) is 0.0826. The Morgan fingerprint density at radius 2 is 0.768 bits per heavy atom. The average molecular weight is 741 g/mol. The molecule has 0 atom stereocenters. The summed E-state index contributed by atoms with van der Waals surface area (Å²) in [5, 5.41) is 0. The molecule has 2 aliphatic heterocycles. The van der Waals surface area contributed by atoms with Crippen molar-refractivity contribution in [3.8, 4) is 0 Å². The smallest absolute Gasteiger partial charge is 0.0455 e. The van der Waals surface area contributed by atoms with Crippen molar-refractivity contribution in [3.63, 3.8) is 0 Å². The molecule has 2 heterocycles. The maximum atomic E-state index is 2.48. The molecule has 0 radical (unpaired) electrons. The Hall–Kier alpha value is -4.82. The van der Waals surface area contributed by atoms with Gasteiger partial charge in [0.2, 0.25) is 0 Å². The van der Waals surface area contributed by atoms with Gasteiger partial charge in [-0.3, -0.25) is 0 Å². The molecule has 0 bridgehead atoms. The predicted molar refractivity (Wildman–Crippen MR) is 246 cm³/mol. The van der Waals surface area contributed by atoms with Gasteiger partial charge in [0.15, 0.2) is 0 Å². The summed E-state index contributed by atoms with van der Waals surface area (Å²) in [6, 6.07) is 37.2. The highest BCUT2D eigenvalue weighted by Crippen LogP contribution is 2.50. The Morgan fingerprint density at radius 1 is 0.393 bits per heavy atom. The molecule has 2 nitrogen and oxygen atoms in total. The van der Waals surface area contributed by atoms with Gasteiger partial charge in [0.05, 0.1) is 0 Å². The minimum absolute atomic E-state index is 0.0449. The summed E-state index contributed by atoms with van der Waals surface area (Å²) in [5.74, 6) is 0. The van der Waals surface area contributed by atoms with Crippen LogP contribution < -0.4 is 9.80 Å². The van der Waals surface area contributed by atoms with E-state index < -0.39 is 0 Å². The van der Waals surface area contributed by atoms with Crippen molar-refractivity contribution in [2.24, 2.45) is 0 Å². The lowest BCUT2D eigenvalue weighted by molar-refractivity contribution is 0.625. The Balaban J connectivity index is 1.02. The van der Waals surface area contributed by atoms with Gasteiger partial charge in [0.25, 0.3) is 0 Å². The van der Waals surface area contributed by atoms with E-state index in [9.17, 15) is 0 Å². The zero-order valence-corrected chi connectivity index (χ0v) is 35.5. The summed E-state index contributed by atoms with van der Waals surface area (Å²) in [4.78, 5) is 4.78. The van der Waals surface area contributed by atoms with Crippen LogP contribution in [0.25, 0.3) is 24.3 Å². The molecule has 0 fully saturated rings. The third kappa shape index (κ3) is 8.04. The van der Waals surface area contributed by atoms with E-state index in [1.807, 2.05) is 0 Å². The first-order valence-electron chi connectivity index (χ1n) is 21.5.